The van der Waals surface area contributed by atoms with Gasteiger partial charge in [0.15, 0.2) is 4.34 Å². The van der Waals surface area contributed by atoms with E-state index in [1.807, 2.05) is 54.6 Å². The molecule has 5 rings (SSSR count). The molecule has 1 fully saturated rings. The lowest BCUT2D eigenvalue weighted by Crippen LogP contribution is -2.40. The fraction of sp³-hybridized carbons (Fsp3) is 0.222. The van der Waals surface area contributed by atoms with Crippen LogP contribution in [0.25, 0.3) is 10.2 Å². The molecule has 3 unspecified atom stereocenters. The van der Waals surface area contributed by atoms with Crippen LogP contribution in [0.2, 0.25) is 0 Å². The van der Waals surface area contributed by atoms with Crippen LogP contribution in [0.5, 0.6) is 11.5 Å². The number of hydrogen-bond acceptors (Lipinski definition) is 7. The van der Waals surface area contributed by atoms with E-state index in [4.69, 9.17) is 14.5 Å². The van der Waals surface area contributed by atoms with Gasteiger partial charge in [-0.2, -0.15) is 0 Å². The summed E-state index contributed by atoms with van der Waals surface area (Å²) in [6.45, 7) is 0. The average molecular weight is 490 g/mol. The van der Waals surface area contributed by atoms with Gasteiger partial charge >= 0.3 is 11.9 Å². The molecule has 0 radical (unpaired) electrons. The normalized spacial score (nSPS) is 20.1. The number of rotatable bonds is 6. The Labute approximate surface area is 206 Å². The van der Waals surface area contributed by atoms with Gasteiger partial charge in [0.1, 0.15) is 11.5 Å². The zero-order valence-corrected chi connectivity index (χ0v) is 20.0. The lowest BCUT2D eigenvalue weighted by molar-refractivity contribution is -0.152. The summed E-state index contributed by atoms with van der Waals surface area (Å²) in [4.78, 5) is 31.0. The van der Waals surface area contributed by atoms with Crippen molar-refractivity contribution in [2.75, 3.05) is 0 Å². The number of carbonyl (C=O) groups excluding carboxylic acids is 2. The third-order valence-corrected chi connectivity index (χ3v) is 8.30. The van der Waals surface area contributed by atoms with Crippen LogP contribution in [0.1, 0.15) is 19.3 Å². The Morgan fingerprint density at radius 3 is 2.00 bits per heavy atom. The van der Waals surface area contributed by atoms with E-state index < -0.39 is 17.8 Å². The summed E-state index contributed by atoms with van der Waals surface area (Å²) in [6.07, 6.45) is 1.88. The van der Waals surface area contributed by atoms with Crippen molar-refractivity contribution in [2.24, 2.45) is 11.8 Å². The monoisotopic (exact) mass is 489 g/mol. The number of thiazole rings is 1. The largest absolute Gasteiger partial charge is 0.426 e. The molecule has 3 aromatic carbocycles. The highest BCUT2D eigenvalue weighted by Crippen LogP contribution is 2.42. The number of para-hydroxylation sites is 3. The molecule has 0 saturated heterocycles. The van der Waals surface area contributed by atoms with Gasteiger partial charge in [-0.15, -0.1) is 11.3 Å². The summed E-state index contributed by atoms with van der Waals surface area (Å²) in [5.41, 5.74) is 0.982. The highest BCUT2D eigenvalue weighted by atomic mass is 32.2. The summed E-state index contributed by atoms with van der Waals surface area (Å²) < 4.78 is 13.4. The number of nitrogens with zero attached hydrogens (tertiary/aromatic N) is 1. The quantitative estimate of drug-likeness (QED) is 0.231. The summed E-state index contributed by atoms with van der Waals surface area (Å²) in [5.74, 6) is -0.960. The van der Waals surface area contributed by atoms with Crippen LogP contribution in [0.3, 0.4) is 0 Å². The van der Waals surface area contributed by atoms with Crippen LogP contribution in [0.4, 0.5) is 0 Å². The van der Waals surface area contributed by atoms with Gasteiger partial charge in [-0.3, -0.25) is 9.59 Å². The second-order valence-corrected chi connectivity index (χ2v) is 10.8. The predicted octanol–water partition coefficient (Wildman–Crippen LogP) is 6.38. The van der Waals surface area contributed by atoms with Crippen LogP contribution in [0.15, 0.2) is 89.3 Å². The third-order valence-electron chi connectivity index (χ3n) is 5.87. The maximum absolute atomic E-state index is 13.2. The number of benzene rings is 3. The van der Waals surface area contributed by atoms with Gasteiger partial charge in [-0.1, -0.05) is 60.3 Å². The number of carbonyl (C=O) groups is 2. The molecule has 1 aromatic heterocycles. The molecule has 7 heteroatoms. The van der Waals surface area contributed by atoms with Crippen molar-refractivity contribution < 1.29 is 19.1 Å². The Hall–Kier alpha value is -3.16. The predicted molar refractivity (Wildman–Crippen MR) is 134 cm³/mol. The zero-order valence-electron chi connectivity index (χ0n) is 18.3. The van der Waals surface area contributed by atoms with E-state index >= 15 is 0 Å². The molecule has 1 aliphatic carbocycles. The van der Waals surface area contributed by atoms with Gasteiger partial charge < -0.3 is 9.47 Å². The molecule has 3 atom stereocenters. The van der Waals surface area contributed by atoms with Gasteiger partial charge in [0, 0.05) is 5.25 Å². The van der Waals surface area contributed by atoms with Crippen molar-refractivity contribution in [3.63, 3.8) is 0 Å². The van der Waals surface area contributed by atoms with E-state index in [2.05, 4.69) is 6.07 Å². The Morgan fingerprint density at radius 1 is 0.765 bits per heavy atom. The first-order chi connectivity index (χ1) is 16.7. The average Bonchev–Trinajstić information content (AvgIpc) is 3.27. The Balaban J connectivity index is 1.33. The molecular formula is C27H23NO4S2. The molecule has 0 spiro atoms. The number of fused-ring (bicyclic) bond motifs is 1. The number of hydrogen-bond donors (Lipinski definition) is 0. The number of thioether (sulfide) groups is 1. The van der Waals surface area contributed by atoms with Gasteiger partial charge in [0.25, 0.3) is 0 Å². The smallest absolute Gasteiger partial charge is 0.315 e. The molecule has 0 amide bonds. The fourth-order valence-electron chi connectivity index (χ4n) is 4.19. The number of aromatic nitrogens is 1. The van der Waals surface area contributed by atoms with Gasteiger partial charge in [0.05, 0.1) is 22.1 Å². The molecule has 1 heterocycles. The van der Waals surface area contributed by atoms with Crippen molar-refractivity contribution >= 4 is 45.3 Å². The standard InChI is InChI=1S/C27H23NO4S2/c29-25(31-18-9-3-1-4-10-18)21-16-15-20(33-27-28-23-13-7-8-14-24(23)34-27)17-22(21)26(30)32-19-11-5-2-6-12-19/h1-14,20-22H,15-17H2. The van der Waals surface area contributed by atoms with Crippen molar-refractivity contribution in [1.29, 1.82) is 0 Å². The lowest BCUT2D eigenvalue weighted by Gasteiger charge is -2.32. The minimum atomic E-state index is -0.586. The molecule has 0 N–H and O–H groups in total. The molecule has 1 saturated carbocycles. The maximum atomic E-state index is 13.2. The van der Waals surface area contributed by atoms with Crippen LogP contribution in [-0.4, -0.2) is 22.2 Å². The minimum absolute atomic E-state index is 0.162. The van der Waals surface area contributed by atoms with Gasteiger partial charge in [0.2, 0.25) is 0 Å². The van der Waals surface area contributed by atoms with Crippen LogP contribution >= 0.6 is 23.1 Å². The summed E-state index contributed by atoms with van der Waals surface area (Å²) in [6, 6.07) is 26.0. The Kier molecular flexibility index (Phi) is 6.92. The van der Waals surface area contributed by atoms with E-state index in [9.17, 15) is 9.59 Å². The fourth-order valence-corrected chi connectivity index (χ4v) is 6.75. The summed E-state index contributed by atoms with van der Waals surface area (Å²) in [7, 11) is 0. The first-order valence-corrected chi connectivity index (χ1v) is 12.9. The topological polar surface area (TPSA) is 65.5 Å². The third kappa shape index (κ3) is 5.32. The van der Waals surface area contributed by atoms with Crippen molar-refractivity contribution in [1.82, 2.24) is 4.98 Å². The second-order valence-electron chi connectivity index (χ2n) is 8.18. The number of esters is 2. The molecule has 34 heavy (non-hydrogen) atoms. The first kappa shape index (κ1) is 22.6. The van der Waals surface area contributed by atoms with Gasteiger partial charge in [-0.05, 0) is 55.7 Å². The van der Waals surface area contributed by atoms with E-state index in [-0.39, 0.29) is 11.2 Å². The second kappa shape index (κ2) is 10.4. The highest BCUT2D eigenvalue weighted by molar-refractivity contribution is 8.01. The van der Waals surface area contributed by atoms with E-state index in [0.29, 0.717) is 24.3 Å². The van der Waals surface area contributed by atoms with Crippen LogP contribution < -0.4 is 9.47 Å². The first-order valence-electron chi connectivity index (χ1n) is 11.2. The van der Waals surface area contributed by atoms with Crippen LogP contribution in [0, 0.1) is 11.8 Å². The summed E-state index contributed by atoms with van der Waals surface area (Å²) >= 11 is 3.34. The highest BCUT2D eigenvalue weighted by Gasteiger charge is 2.42. The van der Waals surface area contributed by atoms with Crippen molar-refractivity contribution in [2.45, 2.75) is 28.9 Å². The molecular weight excluding hydrogens is 466 g/mol. The SMILES string of the molecule is O=C(Oc1ccccc1)C1CCC(Sc2nc3ccccc3s2)CC1C(=O)Oc1ccccc1. The van der Waals surface area contributed by atoms with Gasteiger partial charge in [-0.25, -0.2) is 4.98 Å². The molecule has 5 nitrogen and oxygen atoms in total. The maximum Gasteiger partial charge on any atom is 0.315 e. The molecule has 4 aromatic rings. The van der Waals surface area contributed by atoms with Crippen molar-refractivity contribution in [3.05, 3.63) is 84.9 Å². The molecule has 1 aliphatic rings. The number of ether oxygens (including phenoxy) is 2. The zero-order chi connectivity index (χ0) is 23.3. The molecule has 0 bridgehead atoms. The minimum Gasteiger partial charge on any atom is -0.426 e. The summed E-state index contributed by atoms with van der Waals surface area (Å²) in [5, 5.41) is 0.162. The molecule has 172 valence electrons. The van der Waals surface area contributed by atoms with E-state index in [1.54, 1.807) is 47.4 Å². The van der Waals surface area contributed by atoms with Crippen molar-refractivity contribution in [3.8, 4) is 11.5 Å². The lowest BCUT2D eigenvalue weighted by atomic mass is 9.79. The van der Waals surface area contributed by atoms with E-state index in [1.165, 1.54) is 0 Å². The van der Waals surface area contributed by atoms with E-state index in [0.717, 1.165) is 21.0 Å². The van der Waals surface area contributed by atoms with Crippen LogP contribution in [-0.2, 0) is 9.59 Å². The Morgan fingerprint density at radius 2 is 1.35 bits per heavy atom. The molecule has 0 aliphatic heterocycles. The Bertz CT molecular complexity index is 1240.